The highest BCUT2D eigenvalue weighted by Gasteiger charge is 2.33. The van der Waals surface area contributed by atoms with Gasteiger partial charge in [0, 0.05) is 37.8 Å². The summed E-state index contributed by atoms with van der Waals surface area (Å²) in [6.45, 7) is 2.72. The minimum atomic E-state index is -4.55. The van der Waals surface area contributed by atoms with E-state index in [2.05, 4.69) is 15.3 Å². The molecule has 2 aromatic rings. The van der Waals surface area contributed by atoms with Crippen LogP contribution in [-0.2, 0) is 17.5 Å². The maximum absolute atomic E-state index is 13.4. The minimum absolute atomic E-state index is 0.0381. The van der Waals surface area contributed by atoms with Gasteiger partial charge in [0.1, 0.15) is 12.3 Å². The number of nitrogens with zero attached hydrogens (tertiary/aromatic N) is 3. The lowest BCUT2D eigenvalue weighted by molar-refractivity contribution is -0.137. The first-order valence-electron chi connectivity index (χ1n) is 13.1. The molecule has 1 amide bonds. The fraction of sp³-hybridized carbons (Fsp3) is 0.593. The lowest BCUT2D eigenvalue weighted by atomic mass is 9.90. The summed E-state index contributed by atoms with van der Waals surface area (Å²) in [4.78, 5) is 23.7. The maximum atomic E-state index is 13.4. The normalized spacial score (nSPS) is 20.6. The number of rotatable bonds is 8. The molecule has 39 heavy (non-hydrogen) atoms. The van der Waals surface area contributed by atoms with Crippen LogP contribution < -0.4 is 14.8 Å². The molecule has 2 aliphatic rings. The monoisotopic (exact) mass is 570 g/mol. The molecular formula is C27H34ClF3N4O4. The van der Waals surface area contributed by atoms with Crippen molar-refractivity contribution in [1.82, 2.24) is 20.2 Å². The Kier molecular flexibility index (Phi) is 9.56. The number of aromatic nitrogens is 2. The van der Waals surface area contributed by atoms with Crippen molar-refractivity contribution in [3.8, 4) is 11.9 Å². The van der Waals surface area contributed by atoms with Crippen LogP contribution in [0.5, 0.6) is 11.9 Å². The molecule has 12 heteroatoms. The van der Waals surface area contributed by atoms with E-state index in [9.17, 15) is 18.0 Å². The number of alkyl halides is 3. The van der Waals surface area contributed by atoms with Crippen LogP contribution in [0.2, 0.25) is 5.02 Å². The standard InChI is InChI=1S/C27H34ClF3N4O4/c1-16-23(25(36)35-12-10-18(11-13-35)32-21-6-4-5-7-22(21)37-2)33-26(38-3)34-24(16)39-15-17-8-9-19(20(28)14-17)27(29,30)31/h8-9,14,18,21-22,32H,4-7,10-13,15H2,1-3H3/t21-,22+/m1/s1. The second-order valence-electron chi connectivity index (χ2n) is 9.99. The van der Waals surface area contributed by atoms with Gasteiger partial charge in [0.15, 0.2) is 0 Å². The van der Waals surface area contributed by atoms with Crippen molar-refractivity contribution < 1.29 is 32.2 Å². The van der Waals surface area contributed by atoms with Crippen molar-refractivity contribution in [2.45, 2.75) is 76.4 Å². The first-order valence-corrected chi connectivity index (χ1v) is 13.5. The summed E-state index contributed by atoms with van der Waals surface area (Å²) >= 11 is 5.82. The zero-order chi connectivity index (χ0) is 28.2. The summed E-state index contributed by atoms with van der Waals surface area (Å²) in [7, 11) is 3.15. The van der Waals surface area contributed by atoms with Crippen molar-refractivity contribution in [1.29, 1.82) is 0 Å². The Morgan fingerprint density at radius 3 is 2.49 bits per heavy atom. The third kappa shape index (κ3) is 7.12. The average Bonchev–Trinajstić information content (AvgIpc) is 2.92. The molecule has 0 radical (unpaired) electrons. The van der Waals surface area contributed by atoms with Gasteiger partial charge in [-0.05, 0) is 50.3 Å². The van der Waals surface area contributed by atoms with Gasteiger partial charge in [-0.2, -0.15) is 23.1 Å². The number of nitrogens with one attached hydrogen (secondary N) is 1. The average molecular weight is 571 g/mol. The smallest absolute Gasteiger partial charge is 0.417 e. The molecule has 4 rings (SSSR count). The second-order valence-corrected chi connectivity index (χ2v) is 10.4. The molecule has 214 valence electrons. The van der Waals surface area contributed by atoms with E-state index in [1.807, 2.05) is 0 Å². The van der Waals surface area contributed by atoms with Crippen LogP contribution in [0.15, 0.2) is 18.2 Å². The fourth-order valence-corrected chi connectivity index (χ4v) is 5.53. The lowest BCUT2D eigenvalue weighted by Gasteiger charge is -2.38. The molecule has 8 nitrogen and oxygen atoms in total. The Bertz CT molecular complexity index is 1160. The molecule has 1 saturated heterocycles. The molecule has 1 saturated carbocycles. The number of benzene rings is 1. The van der Waals surface area contributed by atoms with E-state index in [0.29, 0.717) is 36.3 Å². The zero-order valence-corrected chi connectivity index (χ0v) is 23.1. The number of hydrogen-bond acceptors (Lipinski definition) is 7. The number of piperidine rings is 1. The second kappa shape index (κ2) is 12.7. The first kappa shape index (κ1) is 29.4. The van der Waals surface area contributed by atoms with E-state index in [4.69, 9.17) is 25.8 Å². The molecule has 2 heterocycles. The molecule has 0 unspecified atom stereocenters. The van der Waals surface area contributed by atoms with Crippen molar-refractivity contribution in [2.24, 2.45) is 0 Å². The van der Waals surface area contributed by atoms with Crippen molar-refractivity contribution in [2.75, 3.05) is 27.3 Å². The number of halogens is 4. The number of ether oxygens (including phenoxy) is 3. The van der Waals surface area contributed by atoms with E-state index < -0.39 is 16.8 Å². The molecular weight excluding hydrogens is 537 g/mol. The largest absolute Gasteiger partial charge is 0.472 e. The van der Waals surface area contributed by atoms with E-state index in [1.54, 1.807) is 18.9 Å². The summed E-state index contributed by atoms with van der Waals surface area (Å²) in [5, 5.41) is 3.32. The van der Waals surface area contributed by atoms with Gasteiger partial charge in [0.2, 0.25) is 5.88 Å². The molecule has 0 spiro atoms. The van der Waals surface area contributed by atoms with Crippen LogP contribution in [0.3, 0.4) is 0 Å². The summed E-state index contributed by atoms with van der Waals surface area (Å²) in [5.74, 6) is -0.137. The van der Waals surface area contributed by atoms with Gasteiger partial charge in [0.25, 0.3) is 5.91 Å². The number of hydrogen-bond donors (Lipinski definition) is 1. The van der Waals surface area contributed by atoms with Gasteiger partial charge in [-0.25, -0.2) is 0 Å². The van der Waals surface area contributed by atoms with Crippen LogP contribution in [0.25, 0.3) is 0 Å². The molecule has 2 atom stereocenters. The molecule has 1 aliphatic carbocycles. The quantitative estimate of drug-likeness (QED) is 0.467. The molecule has 1 aliphatic heterocycles. The number of carbonyl (C=O) groups is 1. The number of carbonyl (C=O) groups excluding carboxylic acids is 1. The first-order chi connectivity index (χ1) is 18.6. The molecule has 2 fully saturated rings. The van der Waals surface area contributed by atoms with Crippen LogP contribution in [0.4, 0.5) is 13.2 Å². The third-order valence-corrected chi connectivity index (χ3v) is 7.73. The van der Waals surface area contributed by atoms with Gasteiger partial charge < -0.3 is 24.4 Å². The molecule has 1 aromatic carbocycles. The SMILES string of the molecule is COc1nc(OCc2ccc(C(F)(F)F)c(Cl)c2)c(C)c(C(=O)N2CCC(N[C@@H]3CCCC[C@@H]3OC)CC2)n1. The Labute approximate surface area is 231 Å². The molecule has 1 N–H and O–H groups in total. The van der Waals surface area contributed by atoms with Crippen LogP contribution >= 0.6 is 11.6 Å². The number of methoxy groups -OCH3 is 2. The van der Waals surface area contributed by atoms with Gasteiger partial charge in [-0.3, -0.25) is 4.79 Å². The maximum Gasteiger partial charge on any atom is 0.417 e. The van der Waals surface area contributed by atoms with E-state index in [-0.39, 0.29) is 36.2 Å². The van der Waals surface area contributed by atoms with E-state index >= 15 is 0 Å². The Morgan fingerprint density at radius 2 is 1.85 bits per heavy atom. The van der Waals surface area contributed by atoms with Gasteiger partial charge in [-0.15, -0.1) is 0 Å². The highest BCUT2D eigenvalue weighted by atomic mass is 35.5. The minimum Gasteiger partial charge on any atom is -0.472 e. The van der Waals surface area contributed by atoms with Crippen LogP contribution in [0, 0.1) is 6.92 Å². The summed E-state index contributed by atoms with van der Waals surface area (Å²) in [6, 6.07) is 4.00. The van der Waals surface area contributed by atoms with E-state index in [1.165, 1.54) is 32.1 Å². The van der Waals surface area contributed by atoms with Gasteiger partial charge >= 0.3 is 12.2 Å². The highest BCUT2D eigenvalue weighted by molar-refractivity contribution is 6.31. The van der Waals surface area contributed by atoms with Crippen LogP contribution in [0.1, 0.15) is 65.7 Å². The van der Waals surface area contributed by atoms with Crippen molar-refractivity contribution in [3.63, 3.8) is 0 Å². The van der Waals surface area contributed by atoms with Gasteiger partial charge in [0.05, 0.1) is 23.8 Å². The fourth-order valence-electron chi connectivity index (χ4n) is 5.22. The summed E-state index contributed by atoms with van der Waals surface area (Å²) in [6.07, 6.45) is 1.86. The zero-order valence-electron chi connectivity index (χ0n) is 22.3. The van der Waals surface area contributed by atoms with Crippen molar-refractivity contribution in [3.05, 3.63) is 45.6 Å². The van der Waals surface area contributed by atoms with E-state index in [0.717, 1.165) is 31.7 Å². The van der Waals surface area contributed by atoms with Crippen molar-refractivity contribution >= 4 is 17.5 Å². The number of amides is 1. The predicted molar refractivity (Wildman–Crippen MR) is 139 cm³/mol. The number of likely N-dealkylation sites (tertiary alicyclic amines) is 1. The Morgan fingerprint density at radius 1 is 1.13 bits per heavy atom. The summed E-state index contributed by atoms with van der Waals surface area (Å²) in [5.41, 5.74) is 0.0858. The highest BCUT2D eigenvalue weighted by Crippen LogP contribution is 2.35. The Hall–Kier alpha value is -2.63. The molecule has 1 aromatic heterocycles. The van der Waals surface area contributed by atoms with Crippen LogP contribution in [-0.4, -0.2) is 66.3 Å². The third-order valence-electron chi connectivity index (χ3n) is 7.42. The predicted octanol–water partition coefficient (Wildman–Crippen LogP) is 5.20. The Balaban J connectivity index is 1.41. The molecule has 0 bridgehead atoms. The summed E-state index contributed by atoms with van der Waals surface area (Å²) < 4.78 is 55.7. The topological polar surface area (TPSA) is 85.8 Å². The lowest BCUT2D eigenvalue weighted by Crippen LogP contribution is -2.52. The van der Waals surface area contributed by atoms with Gasteiger partial charge in [-0.1, -0.05) is 30.5 Å².